The molecule has 14 nitrogen and oxygen atoms in total. The summed E-state index contributed by atoms with van der Waals surface area (Å²) in [5.41, 5.74) is 0. The van der Waals surface area contributed by atoms with Gasteiger partial charge in [0.1, 0.15) is 12.7 Å². The van der Waals surface area contributed by atoms with Crippen molar-refractivity contribution in [3.8, 4) is 0 Å². The molecule has 59 heavy (non-hydrogen) atoms. The van der Waals surface area contributed by atoms with Crippen LogP contribution < -0.4 is 0 Å². The summed E-state index contributed by atoms with van der Waals surface area (Å²) >= 11 is 0. The molecule has 342 valence electrons. The zero-order chi connectivity index (χ0) is 43.6. The van der Waals surface area contributed by atoms with E-state index >= 15 is 0 Å². The fraction of sp³-hybridized carbons (Fsp3) is 0.773. The molecule has 0 radical (unpaired) electrons. The molecule has 1 fully saturated rings. The highest BCUT2D eigenvalue weighted by molar-refractivity contribution is 7.47. The van der Waals surface area contributed by atoms with E-state index in [4.69, 9.17) is 23.8 Å². The van der Waals surface area contributed by atoms with Gasteiger partial charge in [-0.15, -0.1) is 0 Å². The van der Waals surface area contributed by atoms with Gasteiger partial charge < -0.3 is 44.6 Å². The van der Waals surface area contributed by atoms with Gasteiger partial charge in [-0.25, -0.2) is 4.57 Å². The monoisotopic (exact) mass is 861 g/mol. The largest absolute Gasteiger partial charge is 0.472 e. The van der Waals surface area contributed by atoms with Gasteiger partial charge in [0.05, 0.1) is 38.1 Å². The van der Waals surface area contributed by atoms with Crippen molar-refractivity contribution < 1.29 is 67.8 Å². The molecule has 8 atom stereocenters. The predicted molar refractivity (Wildman–Crippen MR) is 227 cm³/mol. The van der Waals surface area contributed by atoms with E-state index in [0.717, 1.165) is 64.2 Å². The Labute approximate surface area is 353 Å². The second kappa shape index (κ2) is 35.4. The summed E-state index contributed by atoms with van der Waals surface area (Å²) in [6.07, 6.45) is 26.9. The number of unbranched alkanes of at least 4 members (excludes halogenated alkanes) is 11. The average Bonchev–Trinajstić information content (AvgIpc) is 3.20. The average molecular weight is 861 g/mol. The number of aliphatic hydroxyl groups is 5. The van der Waals surface area contributed by atoms with Crippen molar-refractivity contribution >= 4 is 19.8 Å². The number of allylic oxidation sites excluding steroid dienone is 6. The summed E-state index contributed by atoms with van der Waals surface area (Å²) in [7, 11) is -4.70. The fourth-order valence-electron chi connectivity index (χ4n) is 6.24. The molecule has 1 aliphatic rings. The highest BCUT2D eigenvalue weighted by Gasteiger charge is 2.35. The van der Waals surface area contributed by atoms with E-state index in [9.17, 15) is 39.5 Å². The second-order valence-corrected chi connectivity index (χ2v) is 16.7. The maximum Gasteiger partial charge on any atom is 0.472 e. The van der Waals surface area contributed by atoms with E-state index in [1.54, 1.807) is 12.2 Å². The molecule has 0 aromatic rings. The maximum absolute atomic E-state index is 12.7. The Bertz CT molecular complexity index is 1240. The lowest BCUT2D eigenvalue weighted by molar-refractivity contribution is -0.199. The first-order valence-corrected chi connectivity index (χ1v) is 23.5. The molecule has 0 aromatic carbocycles. The van der Waals surface area contributed by atoms with Crippen LogP contribution in [0.4, 0.5) is 0 Å². The maximum atomic E-state index is 12.7. The van der Waals surface area contributed by atoms with Gasteiger partial charge in [-0.05, 0) is 64.2 Å². The zero-order valence-electron chi connectivity index (χ0n) is 35.7. The minimum absolute atomic E-state index is 0.0145. The molecule has 0 aromatic heterocycles. The molecular weight excluding hydrogens is 783 g/mol. The molecule has 1 aliphatic heterocycles. The van der Waals surface area contributed by atoms with Gasteiger partial charge in [0.25, 0.3) is 0 Å². The van der Waals surface area contributed by atoms with Gasteiger partial charge in [-0.3, -0.25) is 18.6 Å². The normalized spacial score (nSPS) is 21.4. The Morgan fingerprint density at radius 2 is 1.37 bits per heavy atom. The summed E-state index contributed by atoms with van der Waals surface area (Å²) in [6.45, 7) is 1.90. The Morgan fingerprint density at radius 3 is 2.08 bits per heavy atom. The summed E-state index contributed by atoms with van der Waals surface area (Å²) < 4.78 is 38.3. The fourth-order valence-corrected chi connectivity index (χ4v) is 7.03. The lowest BCUT2D eigenvalue weighted by Gasteiger charge is -2.36. The molecule has 0 saturated carbocycles. The summed E-state index contributed by atoms with van der Waals surface area (Å²) in [5, 5.41) is 49.3. The molecule has 0 bridgehead atoms. The van der Waals surface area contributed by atoms with Crippen LogP contribution in [0.25, 0.3) is 0 Å². The first-order chi connectivity index (χ1) is 28.4. The number of hydrogen-bond donors (Lipinski definition) is 6. The van der Waals surface area contributed by atoms with Crippen LogP contribution in [-0.2, 0) is 37.4 Å². The van der Waals surface area contributed by atoms with Crippen LogP contribution in [0.3, 0.4) is 0 Å². The van der Waals surface area contributed by atoms with Crippen LogP contribution in [0.2, 0.25) is 0 Å². The Hall–Kier alpha value is -2.23. The summed E-state index contributed by atoms with van der Waals surface area (Å²) in [6, 6.07) is 0. The molecule has 6 N–H and O–H groups in total. The Kier molecular flexibility index (Phi) is 32.8. The van der Waals surface area contributed by atoms with Crippen LogP contribution >= 0.6 is 7.82 Å². The number of phosphoric ester groups is 1. The van der Waals surface area contributed by atoms with Crippen molar-refractivity contribution in [3.63, 3.8) is 0 Å². The van der Waals surface area contributed by atoms with Crippen molar-refractivity contribution in [2.24, 2.45) is 5.92 Å². The van der Waals surface area contributed by atoms with Gasteiger partial charge >= 0.3 is 19.8 Å². The highest BCUT2D eigenvalue weighted by atomic mass is 31.2. The minimum Gasteiger partial charge on any atom is -0.462 e. The molecule has 2 unspecified atom stereocenters. The number of rotatable bonds is 36. The van der Waals surface area contributed by atoms with Crippen molar-refractivity contribution in [3.05, 3.63) is 48.6 Å². The number of phosphoric acid groups is 1. The molecule has 0 spiro atoms. The SMILES string of the molecule is CCCCC/C=C\C/C=C\CCCCCCCC(=O)OC[C@H](COP(=O)(O)OC[C@@H](O)CO)OC(=O)CCC/C=C\C[C@H]1[C@@H](O)CC(O)O[C@@H]1/C=C/[C@@H](O)CCCCC. The van der Waals surface area contributed by atoms with E-state index in [0.29, 0.717) is 32.1 Å². The first kappa shape index (κ1) is 54.8. The van der Waals surface area contributed by atoms with Crippen molar-refractivity contribution in [1.29, 1.82) is 0 Å². The van der Waals surface area contributed by atoms with E-state index in [2.05, 4.69) is 42.7 Å². The highest BCUT2D eigenvalue weighted by Crippen LogP contribution is 2.43. The standard InChI is InChI=1S/C44H77O14P/c1-3-5-7-8-9-10-11-12-13-14-15-16-17-18-23-27-42(49)54-34-38(35-56-59(52,53)55-33-37(47)32-45)57-43(50)28-24-20-19-22-26-39-40(48)31-44(51)58-41(39)30-29-36(46)25-21-6-4-2/h9-10,12-13,19,22,29-30,36-41,44-48,51H,3-8,11,14-18,20-21,23-28,31-35H2,1-2H3,(H,52,53)/b10-9-,13-12-,22-19-,30-29+/t36-,37-,38+,39-,40-,41+,44?/m0/s1. The van der Waals surface area contributed by atoms with Crippen molar-refractivity contribution in [2.75, 3.05) is 26.4 Å². The molecule has 1 heterocycles. The second-order valence-electron chi connectivity index (χ2n) is 15.2. The predicted octanol–water partition coefficient (Wildman–Crippen LogP) is 7.44. The number of carbonyl (C=O) groups is 2. The molecule has 0 amide bonds. The Morgan fingerprint density at radius 1 is 0.763 bits per heavy atom. The van der Waals surface area contributed by atoms with Gasteiger partial charge in [-0.1, -0.05) is 114 Å². The van der Waals surface area contributed by atoms with E-state index in [-0.39, 0.29) is 25.2 Å². The summed E-state index contributed by atoms with van der Waals surface area (Å²) in [4.78, 5) is 35.2. The van der Waals surface area contributed by atoms with Crippen LogP contribution in [0.5, 0.6) is 0 Å². The lowest BCUT2D eigenvalue weighted by Crippen LogP contribution is -2.43. The minimum atomic E-state index is -4.70. The molecular formula is C44H77O14P. The van der Waals surface area contributed by atoms with Crippen LogP contribution in [0.1, 0.15) is 149 Å². The van der Waals surface area contributed by atoms with Gasteiger partial charge in [-0.2, -0.15) is 0 Å². The molecule has 1 saturated heterocycles. The lowest BCUT2D eigenvalue weighted by atomic mass is 9.87. The zero-order valence-corrected chi connectivity index (χ0v) is 36.6. The molecule has 1 rings (SSSR count). The number of aliphatic hydroxyl groups excluding tert-OH is 5. The van der Waals surface area contributed by atoms with E-state index in [1.807, 2.05) is 12.2 Å². The van der Waals surface area contributed by atoms with Crippen molar-refractivity contribution in [1.82, 2.24) is 0 Å². The smallest absolute Gasteiger partial charge is 0.462 e. The molecule has 0 aliphatic carbocycles. The third kappa shape index (κ3) is 30.4. The summed E-state index contributed by atoms with van der Waals surface area (Å²) in [5.74, 6) is -1.48. The third-order valence-corrected chi connectivity index (χ3v) is 10.7. The molecule has 15 heteroatoms. The van der Waals surface area contributed by atoms with Gasteiger partial charge in [0, 0.05) is 25.2 Å². The van der Waals surface area contributed by atoms with E-state index < -0.39 is 83.0 Å². The van der Waals surface area contributed by atoms with Gasteiger partial charge in [0.2, 0.25) is 0 Å². The number of ether oxygens (including phenoxy) is 3. The van der Waals surface area contributed by atoms with Crippen LogP contribution in [0.15, 0.2) is 48.6 Å². The Balaban J connectivity index is 2.53. The first-order valence-electron chi connectivity index (χ1n) is 22.0. The topological polar surface area (TPSA) is 219 Å². The number of hydrogen-bond acceptors (Lipinski definition) is 13. The van der Waals surface area contributed by atoms with Crippen molar-refractivity contribution in [2.45, 2.75) is 185 Å². The van der Waals surface area contributed by atoms with Crippen LogP contribution in [-0.4, -0.2) is 106 Å². The van der Waals surface area contributed by atoms with Gasteiger partial charge in [0.15, 0.2) is 12.4 Å². The van der Waals surface area contributed by atoms with E-state index in [1.165, 1.54) is 19.3 Å². The number of esters is 2. The quantitative estimate of drug-likeness (QED) is 0.0156. The third-order valence-electron chi connectivity index (χ3n) is 9.75. The number of carbonyl (C=O) groups excluding carboxylic acids is 2. The van der Waals surface area contributed by atoms with Crippen LogP contribution in [0, 0.1) is 5.92 Å².